The topological polar surface area (TPSA) is 64.3 Å². The molecular weight excluding hydrogens is 271 g/mol. The summed E-state index contributed by atoms with van der Waals surface area (Å²) in [4.78, 5) is 11.1. The van der Waals surface area contributed by atoms with Crippen LogP contribution in [0.15, 0.2) is 36.4 Å². The highest BCUT2D eigenvalue weighted by molar-refractivity contribution is 5.94. The standard InChI is InChI=1S/C16H17FN2O2/c1-10-7-11(3-6-15(10)21-2)9-19-12-4-5-14(17)13(8-12)16(18)20/h3-8,19H,9H2,1-2H3,(H2,18,20). The molecule has 0 unspecified atom stereocenters. The van der Waals surface area contributed by atoms with Crippen molar-refractivity contribution in [1.82, 2.24) is 0 Å². The first kappa shape index (κ1) is 14.8. The Bertz CT molecular complexity index is 671. The van der Waals surface area contributed by atoms with E-state index in [1.807, 2.05) is 25.1 Å². The molecule has 21 heavy (non-hydrogen) atoms. The lowest BCUT2D eigenvalue weighted by Crippen LogP contribution is -2.13. The second-order valence-corrected chi connectivity index (χ2v) is 4.72. The molecule has 0 aliphatic heterocycles. The normalized spacial score (nSPS) is 10.2. The van der Waals surface area contributed by atoms with Crippen molar-refractivity contribution in [3.8, 4) is 5.75 Å². The Kier molecular flexibility index (Phi) is 4.42. The number of nitrogens with two attached hydrogens (primary N) is 1. The summed E-state index contributed by atoms with van der Waals surface area (Å²) in [6.07, 6.45) is 0. The summed E-state index contributed by atoms with van der Waals surface area (Å²) in [5.41, 5.74) is 7.73. The Morgan fingerprint density at radius 1 is 1.29 bits per heavy atom. The van der Waals surface area contributed by atoms with Gasteiger partial charge in [-0.1, -0.05) is 12.1 Å². The fourth-order valence-corrected chi connectivity index (χ4v) is 2.08. The van der Waals surface area contributed by atoms with Crippen molar-refractivity contribution >= 4 is 11.6 Å². The van der Waals surface area contributed by atoms with E-state index in [1.54, 1.807) is 13.2 Å². The molecule has 0 fully saturated rings. The lowest BCUT2D eigenvalue weighted by atomic mass is 10.1. The first-order valence-corrected chi connectivity index (χ1v) is 6.48. The minimum atomic E-state index is -0.781. The maximum atomic E-state index is 13.4. The van der Waals surface area contributed by atoms with Crippen molar-refractivity contribution < 1.29 is 13.9 Å². The molecule has 2 aromatic rings. The molecule has 0 spiro atoms. The number of nitrogens with one attached hydrogen (secondary N) is 1. The zero-order chi connectivity index (χ0) is 15.4. The number of aryl methyl sites for hydroxylation is 1. The van der Waals surface area contributed by atoms with E-state index >= 15 is 0 Å². The maximum absolute atomic E-state index is 13.4. The molecule has 1 amide bonds. The average Bonchev–Trinajstić information content (AvgIpc) is 2.46. The summed E-state index contributed by atoms with van der Waals surface area (Å²) in [6.45, 7) is 2.51. The van der Waals surface area contributed by atoms with Gasteiger partial charge in [-0.25, -0.2) is 4.39 Å². The second-order valence-electron chi connectivity index (χ2n) is 4.72. The van der Waals surface area contributed by atoms with E-state index in [9.17, 15) is 9.18 Å². The van der Waals surface area contributed by atoms with E-state index < -0.39 is 11.7 Å². The van der Waals surface area contributed by atoms with Crippen molar-refractivity contribution in [1.29, 1.82) is 0 Å². The van der Waals surface area contributed by atoms with E-state index in [1.165, 1.54) is 12.1 Å². The Morgan fingerprint density at radius 2 is 2.05 bits per heavy atom. The summed E-state index contributed by atoms with van der Waals surface area (Å²) in [5.74, 6) is -0.568. The summed E-state index contributed by atoms with van der Waals surface area (Å²) >= 11 is 0. The van der Waals surface area contributed by atoms with Crippen molar-refractivity contribution in [3.63, 3.8) is 0 Å². The molecule has 3 N–H and O–H groups in total. The van der Waals surface area contributed by atoms with Crippen LogP contribution in [0.2, 0.25) is 0 Å². The van der Waals surface area contributed by atoms with Crippen molar-refractivity contribution in [2.45, 2.75) is 13.5 Å². The van der Waals surface area contributed by atoms with Crippen LogP contribution in [0.5, 0.6) is 5.75 Å². The third kappa shape index (κ3) is 3.51. The van der Waals surface area contributed by atoms with Gasteiger partial charge in [0.05, 0.1) is 12.7 Å². The molecular formula is C16H17FN2O2. The van der Waals surface area contributed by atoms with Crippen LogP contribution in [0.1, 0.15) is 21.5 Å². The number of carbonyl (C=O) groups excluding carboxylic acids is 1. The Morgan fingerprint density at radius 3 is 2.67 bits per heavy atom. The van der Waals surface area contributed by atoms with E-state index in [0.29, 0.717) is 12.2 Å². The molecule has 0 aliphatic carbocycles. The van der Waals surface area contributed by atoms with Crippen LogP contribution in [0.4, 0.5) is 10.1 Å². The molecule has 0 saturated carbocycles. The van der Waals surface area contributed by atoms with E-state index in [-0.39, 0.29) is 5.56 Å². The molecule has 4 nitrogen and oxygen atoms in total. The van der Waals surface area contributed by atoms with Crippen LogP contribution in [0, 0.1) is 12.7 Å². The summed E-state index contributed by atoms with van der Waals surface area (Å²) < 4.78 is 18.6. The van der Waals surface area contributed by atoms with Crippen LogP contribution in [0.25, 0.3) is 0 Å². The molecule has 0 saturated heterocycles. The molecule has 0 bridgehead atoms. The Hall–Kier alpha value is -2.56. The first-order valence-electron chi connectivity index (χ1n) is 6.48. The predicted octanol–water partition coefficient (Wildman–Crippen LogP) is 2.85. The van der Waals surface area contributed by atoms with Gasteiger partial charge >= 0.3 is 0 Å². The number of anilines is 1. The minimum Gasteiger partial charge on any atom is -0.496 e. The fourth-order valence-electron chi connectivity index (χ4n) is 2.08. The van der Waals surface area contributed by atoms with Crippen LogP contribution in [0.3, 0.4) is 0 Å². The largest absolute Gasteiger partial charge is 0.496 e. The summed E-state index contributed by atoms with van der Waals surface area (Å²) in [5, 5.41) is 3.13. The Labute approximate surface area is 122 Å². The second kappa shape index (κ2) is 6.26. The monoisotopic (exact) mass is 288 g/mol. The number of primary amides is 1. The highest BCUT2D eigenvalue weighted by Gasteiger charge is 2.09. The zero-order valence-electron chi connectivity index (χ0n) is 11.9. The smallest absolute Gasteiger partial charge is 0.251 e. The van der Waals surface area contributed by atoms with Crippen LogP contribution >= 0.6 is 0 Å². The number of amides is 1. The number of methoxy groups -OCH3 is 1. The van der Waals surface area contributed by atoms with Gasteiger partial charge in [-0.05, 0) is 42.3 Å². The molecule has 2 aromatic carbocycles. The molecule has 0 aliphatic rings. The summed E-state index contributed by atoms with van der Waals surface area (Å²) in [7, 11) is 1.63. The SMILES string of the molecule is COc1ccc(CNc2ccc(F)c(C(N)=O)c2)cc1C. The average molecular weight is 288 g/mol. The van der Waals surface area contributed by atoms with E-state index in [2.05, 4.69) is 5.32 Å². The van der Waals surface area contributed by atoms with Gasteiger partial charge in [0.2, 0.25) is 0 Å². The third-order valence-corrected chi connectivity index (χ3v) is 3.19. The molecule has 5 heteroatoms. The van der Waals surface area contributed by atoms with Crippen LogP contribution < -0.4 is 15.8 Å². The third-order valence-electron chi connectivity index (χ3n) is 3.19. The molecule has 0 atom stereocenters. The molecule has 2 rings (SSSR count). The van der Waals surface area contributed by atoms with Crippen molar-refractivity contribution in [2.24, 2.45) is 5.73 Å². The van der Waals surface area contributed by atoms with Gasteiger partial charge in [0.1, 0.15) is 11.6 Å². The quantitative estimate of drug-likeness (QED) is 0.889. The van der Waals surface area contributed by atoms with Crippen LogP contribution in [-0.2, 0) is 6.54 Å². The van der Waals surface area contributed by atoms with Gasteiger partial charge in [0, 0.05) is 12.2 Å². The molecule has 0 radical (unpaired) electrons. The number of halogens is 1. The van der Waals surface area contributed by atoms with Crippen LogP contribution in [-0.4, -0.2) is 13.0 Å². The van der Waals surface area contributed by atoms with Gasteiger partial charge in [-0.2, -0.15) is 0 Å². The number of hydrogen-bond acceptors (Lipinski definition) is 3. The Balaban J connectivity index is 2.11. The number of hydrogen-bond donors (Lipinski definition) is 2. The van der Waals surface area contributed by atoms with E-state index in [4.69, 9.17) is 10.5 Å². The number of carbonyl (C=O) groups is 1. The number of ether oxygens (including phenoxy) is 1. The number of rotatable bonds is 5. The minimum absolute atomic E-state index is 0.120. The van der Waals surface area contributed by atoms with Crippen molar-refractivity contribution in [3.05, 3.63) is 58.9 Å². The lowest BCUT2D eigenvalue weighted by molar-refractivity contribution is 0.0996. The number of benzene rings is 2. The fraction of sp³-hybridized carbons (Fsp3) is 0.188. The first-order chi connectivity index (χ1) is 10.0. The van der Waals surface area contributed by atoms with Gasteiger partial charge in [0.25, 0.3) is 5.91 Å². The molecule has 0 heterocycles. The maximum Gasteiger partial charge on any atom is 0.251 e. The van der Waals surface area contributed by atoms with Gasteiger partial charge in [0.15, 0.2) is 0 Å². The predicted molar refractivity (Wildman–Crippen MR) is 80.0 cm³/mol. The zero-order valence-corrected chi connectivity index (χ0v) is 11.9. The van der Waals surface area contributed by atoms with E-state index in [0.717, 1.165) is 16.9 Å². The van der Waals surface area contributed by atoms with Gasteiger partial charge < -0.3 is 15.8 Å². The highest BCUT2D eigenvalue weighted by atomic mass is 19.1. The summed E-state index contributed by atoms with van der Waals surface area (Å²) in [6, 6.07) is 10.0. The molecule has 110 valence electrons. The van der Waals surface area contributed by atoms with Gasteiger partial charge in [-0.15, -0.1) is 0 Å². The lowest BCUT2D eigenvalue weighted by Gasteiger charge is -2.10. The van der Waals surface area contributed by atoms with Gasteiger partial charge in [-0.3, -0.25) is 4.79 Å². The molecule has 0 aromatic heterocycles. The highest BCUT2D eigenvalue weighted by Crippen LogP contribution is 2.20. The van der Waals surface area contributed by atoms with Crippen molar-refractivity contribution in [2.75, 3.05) is 12.4 Å².